The van der Waals surface area contributed by atoms with Gasteiger partial charge in [0.25, 0.3) is 11.8 Å². The molecule has 2 N–H and O–H groups in total. The summed E-state index contributed by atoms with van der Waals surface area (Å²) in [7, 11) is 0. The summed E-state index contributed by atoms with van der Waals surface area (Å²) >= 11 is 0. The van der Waals surface area contributed by atoms with Crippen molar-refractivity contribution in [3.05, 3.63) is 35.7 Å². The van der Waals surface area contributed by atoms with Crippen LogP contribution in [-0.2, 0) is 0 Å². The van der Waals surface area contributed by atoms with Crippen LogP contribution in [0.5, 0.6) is 0 Å². The number of nitrogens with one attached hydrogen (secondary N) is 1. The molecule has 1 aromatic carbocycles. The highest BCUT2D eigenvalue weighted by Crippen LogP contribution is 2.22. The second-order valence-corrected chi connectivity index (χ2v) is 6.80. The monoisotopic (exact) mass is 331 g/mol. The van der Waals surface area contributed by atoms with Gasteiger partial charge in [0.1, 0.15) is 0 Å². The van der Waals surface area contributed by atoms with E-state index in [1.54, 1.807) is 32.0 Å². The molecule has 2 rings (SSSR count). The molecule has 6 nitrogen and oxygen atoms in total. The van der Waals surface area contributed by atoms with Crippen molar-refractivity contribution < 1.29 is 14.4 Å². The summed E-state index contributed by atoms with van der Waals surface area (Å²) < 4.78 is 5.16. The van der Waals surface area contributed by atoms with E-state index in [4.69, 9.17) is 4.52 Å². The Hall–Kier alpha value is -2.21. The number of carbonyl (C=O) groups is 1. The molecule has 130 valence electrons. The van der Waals surface area contributed by atoms with Gasteiger partial charge >= 0.3 is 0 Å². The molecule has 0 bridgehead atoms. The fraction of sp³-hybridized carbons (Fsp3) is 0.500. The van der Waals surface area contributed by atoms with Gasteiger partial charge in [-0.15, -0.1) is 0 Å². The van der Waals surface area contributed by atoms with E-state index in [1.165, 1.54) is 0 Å². The first-order chi connectivity index (χ1) is 11.3. The third kappa shape index (κ3) is 4.89. The summed E-state index contributed by atoms with van der Waals surface area (Å²) in [5.41, 5.74) is 0.0916. The van der Waals surface area contributed by atoms with Gasteiger partial charge in [0.05, 0.1) is 16.7 Å². The van der Waals surface area contributed by atoms with E-state index in [-0.39, 0.29) is 12.5 Å². The molecule has 1 aromatic heterocycles. The number of hydrogen-bond donors (Lipinski definition) is 2. The van der Waals surface area contributed by atoms with Crippen molar-refractivity contribution in [3.63, 3.8) is 0 Å². The molecule has 0 spiro atoms. The molecule has 1 atom stereocenters. The Labute approximate surface area is 142 Å². The lowest BCUT2D eigenvalue weighted by molar-refractivity contribution is 0.0429. The number of rotatable bonds is 7. The molecule has 24 heavy (non-hydrogen) atoms. The van der Waals surface area contributed by atoms with Crippen LogP contribution in [0.15, 0.2) is 28.8 Å². The van der Waals surface area contributed by atoms with Crippen LogP contribution in [0.2, 0.25) is 0 Å². The summed E-state index contributed by atoms with van der Waals surface area (Å²) in [6.45, 7) is 7.87. The van der Waals surface area contributed by atoms with Crippen molar-refractivity contribution in [2.45, 2.75) is 46.1 Å². The van der Waals surface area contributed by atoms with E-state index in [0.717, 1.165) is 6.42 Å². The zero-order chi connectivity index (χ0) is 17.7. The average Bonchev–Trinajstić information content (AvgIpc) is 2.97. The summed E-state index contributed by atoms with van der Waals surface area (Å²) in [4.78, 5) is 16.7. The van der Waals surface area contributed by atoms with Crippen molar-refractivity contribution in [2.24, 2.45) is 5.92 Å². The predicted octanol–water partition coefficient (Wildman–Crippen LogP) is 2.96. The maximum Gasteiger partial charge on any atom is 0.258 e. The topological polar surface area (TPSA) is 88.2 Å². The highest BCUT2D eigenvalue weighted by atomic mass is 16.5. The number of aliphatic hydroxyl groups is 1. The van der Waals surface area contributed by atoms with Crippen LogP contribution >= 0.6 is 0 Å². The fourth-order valence-electron chi connectivity index (χ4n) is 2.33. The van der Waals surface area contributed by atoms with Crippen LogP contribution in [0.3, 0.4) is 0 Å². The Kier molecular flexibility index (Phi) is 5.72. The number of aryl methyl sites for hydroxylation is 1. The maximum absolute atomic E-state index is 12.5. The first-order valence-electron chi connectivity index (χ1n) is 8.19. The van der Waals surface area contributed by atoms with Gasteiger partial charge in [0.2, 0.25) is 0 Å². The molecule has 0 aliphatic heterocycles. The molecule has 1 amide bonds. The molecule has 0 saturated carbocycles. The van der Waals surface area contributed by atoms with Crippen molar-refractivity contribution in [1.82, 2.24) is 15.5 Å². The van der Waals surface area contributed by atoms with Crippen molar-refractivity contribution in [3.8, 4) is 11.5 Å². The Balaban J connectivity index is 2.08. The molecule has 1 unspecified atom stereocenters. The first-order valence-corrected chi connectivity index (χ1v) is 8.19. The van der Waals surface area contributed by atoms with Gasteiger partial charge in [-0.25, -0.2) is 0 Å². The summed E-state index contributed by atoms with van der Waals surface area (Å²) in [5.74, 6) is 1.06. The summed E-state index contributed by atoms with van der Waals surface area (Å²) in [5, 5.41) is 17.0. The largest absolute Gasteiger partial charge is 0.388 e. The van der Waals surface area contributed by atoms with Gasteiger partial charge in [-0.1, -0.05) is 31.1 Å². The number of amides is 1. The SMILES string of the molecule is Cc1noc(-c2ccccc2C(=O)NCC(C)(O)CCC(C)C)n1. The van der Waals surface area contributed by atoms with Gasteiger partial charge in [0, 0.05) is 6.54 Å². The average molecular weight is 331 g/mol. The van der Waals surface area contributed by atoms with Gasteiger partial charge in [-0.3, -0.25) is 4.79 Å². The number of hydrogen-bond acceptors (Lipinski definition) is 5. The van der Waals surface area contributed by atoms with Crippen LogP contribution < -0.4 is 5.32 Å². The standard InChI is InChI=1S/C18H25N3O3/c1-12(2)9-10-18(4,23)11-19-16(22)14-7-5-6-8-15(14)17-20-13(3)21-24-17/h5-8,12,23H,9-11H2,1-4H3,(H,19,22). The minimum absolute atomic E-state index is 0.190. The van der Waals surface area contributed by atoms with E-state index in [2.05, 4.69) is 29.3 Å². The minimum Gasteiger partial charge on any atom is -0.388 e. The zero-order valence-corrected chi connectivity index (χ0v) is 14.7. The zero-order valence-electron chi connectivity index (χ0n) is 14.7. The lowest BCUT2D eigenvalue weighted by Crippen LogP contribution is -2.40. The van der Waals surface area contributed by atoms with E-state index >= 15 is 0 Å². The first kappa shape index (κ1) is 18.1. The second kappa shape index (κ2) is 7.57. The van der Waals surface area contributed by atoms with Crippen molar-refractivity contribution in [1.29, 1.82) is 0 Å². The highest BCUT2D eigenvalue weighted by molar-refractivity contribution is 5.99. The maximum atomic E-state index is 12.5. The quantitative estimate of drug-likeness (QED) is 0.814. The third-order valence-electron chi connectivity index (χ3n) is 3.82. The Morgan fingerprint density at radius 1 is 1.38 bits per heavy atom. The molecule has 0 aliphatic carbocycles. The molecule has 0 aliphatic rings. The lowest BCUT2D eigenvalue weighted by atomic mass is 9.95. The van der Waals surface area contributed by atoms with Gasteiger partial charge in [-0.2, -0.15) is 4.98 Å². The van der Waals surface area contributed by atoms with Gasteiger partial charge in [0.15, 0.2) is 5.82 Å². The Morgan fingerprint density at radius 2 is 2.08 bits per heavy atom. The Morgan fingerprint density at radius 3 is 2.71 bits per heavy atom. The molecule has 0 fully saturated rings. The van der Waals surface area contributed by atoms with E-state index in [9.17, 15) is 9.90 Å². The van der Waals surface area contributed by atoms with Crippen LogP contribution in [-0.4, -0.2) is 33.3 Å². The van der Waals surface area contributed by atoms with Crippen LogP contribution in [0.4, 0.5) is 0 Å². The molecule has 0 saturated heterocycles. The fourth-order valence-corrected chi connectivity index (χ4v) is 2.33. The van der Waals surface area contributed by atoms with Crippen LogP contribution in [0, 0.1) is 12.8 Å². The number of benzene rings is 1. The van der Waals surface area contributed by atoms with E-state index in [1.807, 2.05) is 6.07 Å². The van der Waals surface area contributed by atoms with Crippen LogP contribution in [0.25, 0.3) is 11.5 Å². The van der Waals surface area contributed by atoms with E-state index in [0.29, 0.717) is 35.2 Å². The van der Waals surface area contributed by atoms with E-state index < -0.39 is 5.60 Å². The molecule has 1 heterocycles. The highest BCUT2D eigenvalue weighted by Gasteiger charge is 2.23. The molecular weight excluding hydrogens is 306 g/mol. The molecular formula is C18H25N3O3. The number of carbonyl (C=O) groups excluding carboxylic acids is 1. The lowest BCUT2D eigenvalue weighted by Gasteiger charge is -2.24. The smallest absolute Gasteiger partial charge is 0.258 e. The van der Waals surface area contributed by atoms with Gasteiger partial charge < -0.3 is 14.9 Å². The van der Waals surface area contributed by atoms with Crippen molar-refractivity contribution >= 4 is 5.91 Å². The molecule has 0 radical (unpaired) electrons. The number of aromatic nitrogens is 2. The van der Waals surface area contributed by atoms with Crippen LogP contribution in [0.1, 0.15) is 49.8 Å². The molecule has 6 heteroatoms. The Bertz CT molecular complexity index is 692. The third-order valence-corrected chi connectivity index (χ3v) is 3.82. The second-order valence-electron chi connectivity index (χ2n) is 6.80. The minimum atomic E-state index is -0.935. The summed E-state index contributed by atoms with van der Waals surface area (Å²) in [6, 6.07) is 7.05. The number of nitrogens with zero attached hydrogens (tertiary/aromatic N) is 2. The molecule has 2 aromatic rings. The normalized spacial score (nSPS) is 13.8. The van der Waals surface area contributed by atoms with Gasteiger partial charge in [-0.05, 0) is 44.7 Å². The summed E-state index contributed by atoms with van der Waals surface area (Å²) in [6.07, 6.45) is 1.54. The van der Waals surface area contributed by atoms with Crippen molar-refractivity contribution in [2.75, 3.05) is 6.54 Å². The predicted molar refractivity (Wildman–Crippen MR) is 91.5 cm³/mol.